The van der Waals surface area contributed by atoms with Gasteiger partial charge in [0.15, 0.2) is 0 Å². The van der Waals surface area contributed by atoms with Crippen molar-refractivity contribution in [2.45, 2.75) is 18.4 Å². The fraction of sp³-hybridized carbons (Fsp3) is 0.222. The van der Waals surface area contributed by atoms with Crippen LogP contribution in [-0.2, 0) is 0 Å². The van der Waals surface area contributed by atoms with E-state index in [0.717, 1.165) is 17.7 Å². The molecule has 4 nitrogen and oxygen atoms in total. The lowest BCUT2D eigenvalue weighted by atomic mass is 9.76. The maximum atomic E-state index is 11.4. The Labute approximate surface area is 138 Å². The summed E-state index contributed by atoms with van der Waals surface area (Å²) in [5.74, 6) is 0.511. The lowest BCUT2D eigenvalue weighted by molar-refractivity contribution is -0.385. The molecule has 0 amide bonds. The van der Waals surface area contributed by atoms with Crippen molar-refractivity contribution in [1.29, 1.82) is 0 Å². The van der Waals surface area contributed by atoms with Gasteiger partial charge in [0, 0.05) is 12.0 Å². The zero-order valence-electron chi connectivity index (χ0n) is 12.3. The lowest BCUT2D eigenvalue weighted by Gasteiger charge is -2.37. The first-order chi connectivity index (χ1) is 11.2. The van der Waals surface area contributed by atoms with Gasteiger partial charge >= 0.3 is 0 Å². The standard InChI is InChI=1S/C18H15ClN2O2/c19-15-9-4-8-13-11-6-3-7-12(11)17(20-18(13)15)14-5-1-2-10-16(14)21(22)23/h1-6,8-12,17,20H,7H2/t11-,12-,17+/m0/s1. The van der Waals surface area contributed by atoms with Gasteiger partial charge in [-0.3, -0.25) is 10.1 Å². The molecule has 4 rings (SSSR count). The first-order valence-electron chi connectivity index (χ1n) is 7.61. The molecule has 23 heavy (non-hydrogen) atoms. The van der Waals surface area contributed by atoms with Gasteiger partial charge in [0.1, 0.15) is 0 Å². The number of rotatable bonds is 2. The van der Waals surface area contributed by atoms with Crippen molar-refractivity contribution in [3.63, 3.8) is 0 Å². The van der Waals surface area contributed by atoms with Crippen LogP contribution >= 0.6 is 11.6 Å². The molecule has 0 saturated heterocycles. The SMILES string of the molecule is O=[N+]([O-])c1ccccc1[C@@H]1Nc2c(Cl)cccc2[C@H]2C=CC[C@@H]21. The highest BCUT2D eigenvalue weighted by atomic mass is 35.5. The normalized spacial score (nSPS) is 24.7. The molecule has 116 valence electrons. The third-order valence-electron chi connectivity index (χ3n) is 4.81. The molecule has 0 radical (unpaired) electrons. The first kappa shape index (κ1) is 14.3. The van der Waals surface area contributed by atoms with Crippen LogP contribution < -0.4 is 5.32 Å². The number of benzene rings is 2. The highest BCUT2D eigenvalue weighted by Gasteiger charge is 2.40. The van der Waals surface area contributed by atoms with Crippen molar-refractivity contribution in [2.24, 2.45) is 5.92 Å². The van der Waals surface area contributed by atoms with Crippen LogP contribution in [0, 0.1) is 16.0 Å². The fourth-order valence-electron chi connectivity index (χ4n) is 3.81. The third-order valence-corrected chi connectivity index (χ3v) is 5.13. The van der Waals surface area contributed by atoms with Crippen molar-refractivity contribution < 1.29 is 4.92 Å². The Morgan fingerprint density at radius 2 is 1.91 bits per heavy atom. The summed E-state index contributed by atoms with van der Waals surface area (Å²) in [7, 11) is 0. The fourth-order valence-corrected chi connectivity index (χ4v) is 4.04. The van der Waals surface area contributed by atoms with Crippen molar-refractivity contribution >= 4 is 23.0 Å². The maximum absolute atomic E-state index is 11.4. The van der Waals surface area contributed by atoms with E-state index in [0.29, 0.717) is 5.02 Å². The predicted molar refractivity (Wildman–Crippen MR) is 90.9 cm³/mol. The summed E-state index contributed by atoms with van der Waals surface area (Å²) in [6.45, 7) is 0. The van der Waals surface area contributed by atoms with Crippen molar-refractivity contribution in [1.82, 2.24) is 0 Å². The highest BCUT2D eigenvalue weighted by Crippen LogP contribution is 2.52. The average molecular weight is 327 g/mol. The number of hydrogen-bond acceptors (Lipinski definition) is 3. The van der Waals surface area contributed by atoms with E-state index < -0.39 is 0 Å². The monoisotopic (exact) mass is 326 g/mol. The quantitative estimate of drug-likeness (QED) is 0.476. The Morgan fingerprint density at radius 1 is 1.13 bits per heavy atom. The number of halogens is 1. The minimum absolute atomic E-state index is 0.121. The number of para-hydroxylation sites is 2. The number of hydrogen-bond donors (Lipinski definition) is 1. The molecule has 3 atom stereocenters. The second-order valence-corrected chi connectivity index (χ2v) is 6.40. The Balaban J connectivity index is 1.86. The molecule has 0 fully saturated rings. The molecule has 1 aliphatic heterocycles. The lowest BCUT2D eigenvalue weighted by Crippen LogP contribution is -2.29. The second kappa shape index (κ2) is 5.39. The van der Waals surface area contributed by atoms with Crippen molar-refractivity contribution in [2.75, 3.05) is 5.32 Å². The summed E-state index contributed by atoms with van der Waals surface area (Å²) in [5.41, 5.74) is 2.95. The number of fused-ring (bicyclic) bond motifs is 3. The van der Waals surface area contributed by atoms with Crippen LogP contribution in [0.5, 0.6) is 0 Å². The molecule has 1 aliphatic carbocycles. The van der Waals surface area contributed by atoms with Gasteiger partial charge < -0.3 is 5.32 Å². The summed E-state index contributed by atoms with van der Waals surface area (Å²) in [6.07, 6.45) is 5.26. The van der Waals surface area contributed by atoms with Crippen molar-refractivity contribution in [3.05, 3.63) is 80.9 Å². The first-order valence-corrected chi connectivity index (χ1v) is 7.99. The summed E-state index contributed by atoms with van der Waals surface area (Å²) >= 11 is 6.37. The van der Waals surface area contributed by atoms with Gasteiger partial charge in [-0.15, -0.1) is 0 Å². The molecule has 1 heterocycles. The highest BCUT2D eigenvalue weighted by molar-refractivity contribution is 6.33. The van der Waals surface area contributed by atoms with Crippen LogP contribution in [0.25, 0.3) is 0 Å². The number of anilines is 1. The Hall–Kier alpha value is -2.33. The van der Waals surface area contributed by atoms with Crippen molar-refractivity contribution in [3.8, 4) is 0 Å². The van der Waals surface area contributed by atoms with E-state index in [1.54, 1.807) is 12.1 Å². The largest absolute Gasteiger partial charge is 0.376 e. The van der Waals surface area contributed by atoms with Crippen LogP contribution in [0.3, 0.4) is 0 Å². The molecule has 0 aromatic heterocycles. The van der Waals surface area contributed by atoms with Gasteiger partial charge in [0.2, 0.25) is 0 Å². The molecular weight excluding hydrogens is 312 g/mol. The number of nitro groups is 1. The molecule has 2 aliphatic rings. The molecular formula is C18H15ClN2O2. The topological polar surface area (TPSA) is 55.2 Å². The number of nitrogens with zero attached hydrogens (tertiary/aromatic N) is 1. The zero-order valence-corrected chi connectivity index (χ0v) is 13.0. The minimum atomic E-state index is -0.309. The Morgan fingerprint density at radius 3 is 2.74 bits per heavy atom. The summed E-state index contributed by atoms with van der Waals surface area (Å²) < 4.78 is 0. The molecule has 0 bridgehead atoms. The van der Waals surface area contributed by atoms with E-state index in [2.05, 4.69) is 23.5 Å². The zero-order chi connectivity index (χ0) is 16.0. The molecule has 5 heteroatoms. The predicted octanol–water partition coefficient (Wildman–Crippen LogP) is 5.07. The Kier molecular flexibility index (Phi) is 3.34. The molecule has 0 saturated carbocycles. The molecule has 0 spiro atoms. The summed E-state index contributed by atoms with van der Waals surface area (Å²) in [6, 6.07) is 12.7. The number of allylic oxidation sites excluding steroid dienone is 2. The second-order valence-electron chi connectivity index (χ2n) is 6.00. The number of nitro benzene ring substituents is 1. The van der Waals surface area contributed by atoms with Gasteiger partial charge in [-0.2, -0.15) is 0 Å². The van der Waals surface area contributed by atoms with Gasteiger partial charge in [0.25, 0.3) is 5.69 Å². The van der Waals surface area contributed by atoms with E-state index in [-0.39, 0.29) is 28.5 Å². The third kappa shape index (κ3) is 2.21. The summed E-state index contributed by atoms with van der Waals surface area (Å²) in [4.78, 5) is 11.1. The van der Waals surface area contributed by atoms with Crippen LogP contribution in [0.2, 0.25) is 5.02 Å². The molecule has 2 aromatic carbocycles. The average Bonchev–Trinajstić information content (AvgIpc) is 3.04. The van der Waals surface area contributed by atoms with E-state index in [9.17, 15) is 10.1 Å². The van der Waals surface area contributed by atoms with Gasteiger partial charge in [-0.1, -0.05) is 54.1 Å². The van der Waals surface area contributed by atoms with E-state index >= 15 is 0 Å². The van der Waals surface area contributed by atoms with Crippen LogP contribution in [-0.4, -0.2) is 4.92 Å². The maximum Gasteiger partial charge on any atom is 0.274 e. The van der Waals surface area contributed by atoms with Gasteiger partial charge in [0.05, 0.1) is 27.2 Å². The van der Waals surface area contributed by atoms with Gasteiger partial charge in [-0.25, -0.2) is 0 Å². The number of nitrogens with one attached hydrogen (secondary N) is 1. The smallest absolute Gasteiger partial charge is 0.274 e. The van der Waals surface area contributed by atoms with E-state index in [1.165, 1.54) is 5.56 Å². The van der Waals surface area contributed by atoms with Crippen LogP contribution in [0.4, 0.5) is 11.4 Å². The molecule has 1 N–H and O–H groups in total. The minimum Gasteiger partial charge on any atom is -0.376 e. The molecule has 0 unspecified atom stereocenters. The Bertz CT molecular complexity index is 818. The summed E-state index contributed by atoms with van der Waals surface area (Å²) in [5, 5.41) is 15.5. The van der Waals surface area contributed by atoms with Crippen LogP contribution in [0.1, 0.15) is 29.5 Å². The van der Waals surface area contributed by atoms with E-state index in [4.69, 9.17) is 11.6 Å². The van der Waals surface area contributed by atoms with Crippen LogP contribution in [0.15, 0.2) is 54.6 Å². The molecule has 2 aromatic rings. The van der Waals surface area contributed by atoms with E-state index in [1.807, 2.05) is 24.3 Å². The van der Waals surface area contributed by atoms with Gasteiger partial charge in [-0.05, 0) is 24.0 Å².